The predicted octanol–water partition coefficient (Wildman–Crippen LogP) is 3.29. The molecular weight excluding hydrogens is 228 g/mol. The van der Waals surface area contributed by atoms with Gasteiger partial charge >= 0.3 is 0 Å². The van der Waals surface area contributed by atoms with Gasteiger partial charge in [0.2, 0.25) is 0 Å². The number of aromatic nitrogens is 2. The second kappa shape index (κ2) is 4.81. The number of halogens is 1. The first-order valence-electron chi connectivity index (χ1n) is 4.96. The number of thiophene rings is 1. The van der Waals surface area contributed by atoms with Crippen LogP contribution in [0.5, 0.6) is 0 Å². The summed E-state index contributed by atoms with van der Waals surface area (Å²) in [6, 6.07) is 4.38. The highest BCUT2D eigenvalue weighted by molar-refractivity contribution is 7.11. The van der Waals surface area contributed by atoms with Gasteiger partial charge in [-0.2, -0.15) is 0 Å². The van der Waals surface area contributed by atoms with Crippen LogP contribution in [0.1, 0.15) is 22.4 Å². The third-order valence-corrected chi connectivity index (χ3v) is 3.72. The molecule has 0 radical (unpaired) electrons. The van der Waals surface area contributed by atoms with E-state index in [1.165, 1.54) is 9.75 Å². The fraction of sp³-hybridized carbons (Fsp3) is 0.364. The van der Waals surface area contributed by atoms with E-state index in [1.807, 2.05) is 23.9 Å². The first-order valence-corrected chi connectivity index (χ1v) is 6.31. The van der Waals surface area contributed by atoms with Crippen molar-refractivity contribution in [2.45, 2.75) is 25.8 Å². The van der Waals surface area contributed by atoms with E-state index in [4.69, 9.17) is 11.6 Å². The summed E-state index contributed by atoms with van der Waals surface area (Å²) in [6.45, 7) is 3.08. The maximum atomic E-state index is 5.70. The number of hydrogen-bond donors (Lipinski definition) is 0. The summed E-state index contributed by atoms with van der Waals surface area (Å²) in [5.41, 5.74) is 0.934. The van der Waals surface area contributed by atoms with E-state index in [9.17, 15) is 0 Å². The molecule has 2 aromatic rings. The standard InChI is InChI=1S/C11H13ClN2S/c1-2-10-3-4-11(15-10)7-14-6-9(5-12)13-8-14/h3-4,6,8H,2,5,7H2,1H3. The predicted molar refractivity (Wildman–Crippen MR) is 64.6 cm³/mol. The van der Waals surface area contributed by atoms with Crippen LogP contribution in [-0.4, -0.2) is 9.55 Å². The number of rotatable bonds is 4. The fourth-order valence-electron chi connectivity index (χ4n) is 1.44. The highest BCUT2D eigenvalue weighted by atomic mass is 35.5. The van der Waals surface area contributed by atoms with E-state index in [1.54, 1.807) is 0 Å². The molecule has 80 valence electrons. The van der Waals surface area contributed by atoms with Gasteiger partial charge in [-0.15, -0.1) is 22.9 Å². The molecule has 0 spiro atoms. The van der Waals surface area contributed by atoms with Crippen molar-refractivity contribution in [1.29, 1.82) is 0 Å². The Morgan fingerprint density at radius 3 is 2.80 bits per heavy atom. The Morgan fingerprint density at radius 1 is 1.40 bits per heavy atom. The van der Waals surface area contributed by atoms with E-state index in [-0.39, 0.29) is 0 Å². The summed E-state index contributed by atoms with van der Waals surface area (Å²) < 4.78 is 2.07. The van der Waals surface area contributed by atoms with Crippen molar-refractivity contribution in [3.63, 3.8) is 0 Å². The molecule has 0 bridgehead atoms. The lowest BCUT2D eigenvalue weighted by Crippen LogP contribution is -1.93. The molecule has 0 amide bonds. The van der Waals surface area contributed by atoms with Crippen molar-refractivity contribution in [3.8, 4) is 0 Å². The molecule has 2 rings (SSSR count). The average Bonchev–Trinajstić information content (AvgIpc) is 2.87. The Hall–Kier alpha value is -0.800. The highest BCUT2D eigenvalue weighted by Gasteiger charge is 2.01. The van der Waals surface area contributed by atoms with Gasteiger partial charge in [-0.1, -0.05) is 6.92 Å². The minimum absolute atomic E-state index is 0.484. The van der Waals surface area contributed by atoms with Gasteiger partial charge in [0, 0.05) is 16.0 Å². The Bertz CT molecular complexity index is 393. The lowest BCUT2D eigenvalue weighted by atomic mass is 10.3. The molecule has 2 aromatic heterocycles. The molecule has 0 aliphatic rings. The maximum Gasteiger partial charge on any atom is 0.0953 e. The van der Waals surface area contributed by atoms with Gasteiger partial charge in [-0.05, 0) is 18.6 Å². The Kier molecular flexibility index (Phi) is 3.44. The third kappa shape index (κ3) is 2.61. The largest absolute Gasteiger partial charge is 0.332 e. The SMILES string of the molecule is CCc1ccc(Cn2cnc(CCl)c2)s1. The Labute approximate surface area is 98.5 Å². The lowest BCUT2D eigenvalue weighted by Gasteiger charge is -1.97. The van der Waals surface area contributed by atoms with Crippen LogP contribution >= 0.6 is 22.9 Å². The molecular formula is C11H13ClN2S. The van der Waals surface area contributed by atoms with Crippen molar-refractivity contribution < 1.29 is 0 Å². The van der Waals surface area contributed by atoms with E-state index < -0.39 is 0 Å². The van der Waals surface area contributed by atoms with Gasteiger partial charge in [0.1, 0.15) is 0 Å². The average molecular weight is 241 g/mol. The lowest BCUT2D eigenvalue weighted by molar-refractivity contribution is 0.809. The van der Waals surface area contributed by atoms with Crippen molar-refractivity contribution in [2.24, 2.45) is 0 Å². The van der Waals surface area contributed by atoms with Crippen LogP contribution < -0.4 is 0 Å². The van der Waals surface area contributed by atoms with Crippen LogP contribution in [0, 0.1) is 0 Å². The van der Waals surface area contributed by atoms with Crippen LogP contribution in [0.4, 0.5) is 0 Å². The van der Waals surface area contributed by atoms with Gasteiger partial charge in [0.05, 0.1) is 24.4 Å². The molecule has 0 fully saturated rings. The molecule has 2 nitrogen and oxygen atoms in total. The monoisotopic (exact) mass is 240 g/mol. The van der Waals surface area contributed by atoms with Crippen molar-refractivity contribution in [3.05, 3.63) is 40.1 Å². The summed E-state index contributed by atoms with van der Waals surface area (Å²) in [5.74, 6) is 0.484. The zero-order valence-corrected chi connectivity index (χ0v) is 10.2. The van der Waals surface area contributed by atoms with Crippen LogP contribution in [0.2, 0.25) is 0 Å². The topological polar surface area (TPSA) is 17.8 Å². The van der Waals surface area contributed by atoms with E-state index in [0.717, 1.165) is 18.7 Å². The minimum atomic E-state index is 0.484. The molecule has 0 saturated carbocycles. The number of hydrogen-bond acceptors (Lipinski definition) is 2. The van der Waals surface area contributed by atoms with Gasteiger partial charge < -0.3 is 4.57 Å². The summed E-state index contributed by atoms with van der Waals surface area (Å²) in [4.78, 5) is 6.99. The van der Waals surface area contributed by atoms with Crippen LogP contribution in [0.25, 0.3) is 0 Å². The van der Waals surface area contributed by atoms with Gasteiger partial charge in [-0.3, -0.25) is 0 Å². The summed E-state index contributed by atoms with van der Waals surface area (Å²) in [5, 5.41) is 0. The van der Waals surface area contributed by atoms with Crippen LogP contribution in [0.15, 0.2) is 24.7 Å². The summed E-state index contributed by atoms with van der Waals surface area (Å²) >= 11 is 7.56. The Balaban J connectivity index is 2.07. The molecule has 0 saturated heterocycles. The third-order valence-electron chi connectivity index (χ3n) is 2.23. The van der Waals surface area contributed by atoms with E-state index in [0.29, 0.717) is 5.88 Å². The van der Waals surface area contributed by atoms with Gasteiger partial charge in [0.15, 0.2) is 0 Å². The molecule has 0 aromatic carbocycles. The number of imidazole rings is 1. The number of alkyl halides is 1. The van der Waals surface area contributed by atoms with Crippen molar-refractivity contribution in [2.75, 3.05) is 0 Å². The maximum absolute atomic E-state index is 5.70. The van der Waals surface area contributed by atoms with Crippen LogP contribution in [0.3, 0.4) is 0 Å². The van der Waals surface area contributed by atoms with Gasteiger partial charge in [0.25, 0.3) is 0 Å². The smallest absolute Gasteiger partial charge is 0.0953 e. The first-order chi connectivity index (χ1) is 7.31. The first kappa shape index (κ1) is 10.7. The fourth-order valence-corrected chi connectivity index (χ4v) is 2.54. The van der Waals surface area contributed by atoms with E-state index >= 15 is 0 Å². The number of aryl methyl sites for hydroxylation is 1. The normalized spacial score (nSPS) is 10.8. The summed E-state index contributed by atoms with van der Waals surface area (Å²) in [6.07, 6.45) is 4.95. The highest BCUT2D eigenvalue weighted by Crippen LogP contribution is 2.18. The quantitative estimate of drug-likeness (QED) is 0.750. The van der Waals surface area contributed by atoms with Crippen LogP contribution in [-0.2, 0) is 18.8 Å². The Morgan fingerprint density at radius 2 is 2.20 bits per heavy atom. The zero-order valence-electron chi connectivity index (χ0n) is 8.61. The molecule has 0 atom stereocenters. The summed E-state index contributed by atoms with van der Waals surface area (Å²) in [7, 11) is 0. The molecule has 0 aliphatic heterocycles. The van der Waals surface area contributed by atoms with Gasteiger partial charge in [-0.25, -0.2) is 4.98 Å². The van der Waals surface area contributed by atoms with Crippen molar-refractivity contribution >= 4 is 22.9 Å². The van der Waals surface area contributed by atoms with E-state index in [2.05, 4.69) is 28.6 Å². The number of nitrogens with zero attached hydrogens (tertiary/aromatic N) is 2. The molecule has 0 aliphatic carbocycles. The molecule has 2 heterocycles. The molecule has 0 N–H and O–H groups in total. The minimum Gasteiger partial charge on any atom is -0.332 e. The second-order valence-corrected chi connectivity index (χ2v) is 4.91. The molecule has 4 heteroatoms. The van der Waals surface area contributed by atoms with Crippen molar-refractivity contribution in [1.82, 2.24) is 9.55 Å². The zero-order chi connectivity index (χ0) is 10.7. The molecule has 15 heavy (non-hydrogen) atoms. The molecule has 0 unspecified atom stereocenters. The second-order valence-electron chi connectivity index (χ2n) is 3.39.